The predicted octanol–water partition coefficient (Wildman–Crippen LogP) is 3.36. The Morgan fingerprint density at radius 2 is 2.18 bits per heavy atom. The minimum absolute atomic E-state index is 0.0352. The monoisotopic (exact) mass is 232 g/mol. The average molecular weight is 232 g/mol. The van der Waals surface area contributed by atoms with Crippen molar-refractivity contribution in [3.63, 3.8) is 0 Å². The van der Waals surface area contributed by atoms with E-state index in [-0.39, 0.29) is 11.7 Å². The Morgan fingerprint density at radius 1 is 1.35 bits per heavy atom. The number of nitrogens with zero attached hydrogens (tertiary/aromatic N) is 1. The molecule has 2 aromatic rings. The van der Waals surface area contributed by atoms with Crippen LogP contribution in [0.15, 0.2) is 47.1 Å². The SMILES string of the molecule is CC(Nc1cccc([N+](=O)[O-])c1)c1ccco1. The van der Waals surface area contributed by atoms with E-state index in [0.29, 0.717) is 5.69 Å². The van der Waals surface area contributed by atoms with Gasteiger partial charge in [0.25, 0.3) is 5.69 Å². The number of rotatable bonds is 4. The van der Waals surface area contributed by atoms with E-state index in [1.54, 1.807) is 24.5 Å². The van der Waals surface area contributed by atoms with Gasteiger partial charge in [0.1, 0.15) is 5.76 Å². The zero-order valence-electron chi connectivity index (χ0n) is 9.29. The molecule has 0 amide bonds. The molecule has 0 spiro atoms. The molecule has 0 radical (unpaired) electrons. The third-order valence-electron chi connectivity index (χ3n) is 2.41. The second-order valence-corrected chi connectivity index (χ2v) is 3.69. The summed E-state index contributed by atoms with van der Waals surface area (Å²) in [6.45, 7) is 1.93. The van der Waals surface area contributed by atoms with Crippen molar-refractivity contribution < 1.29 is 9.34 Å². The molecule has 17 heavy (non-hydrogen) atoms. The zero-order valence-corrected chi connectivity index (χ0v) is 9.29. The van der Waals surface area contributed by atoms with E-state index in [1.165, 1.54) is 12.1 Å². The van der Waals surface area contributed by atoms with Crippen molar-refractivity contribution in [3.8, 4) is 0 Å². The van der Waals surface area contributed by atoms with Crippen LogP contribution < -0.4 is 5.32 Å². The Bertz CT molecular complexity index is 508. The largest absolute Gasteiger partial charge is 0.467 e. The fourth-order valence-corrected chi connectivity index (χ4v) is 1.57. The van der Waals surface area contributed by atoms with Crippen LogP contribution in [-0.2, 0) is 0 Å². The molecule has 0 fully saturated rings. The quantitative estimate of drug-likeness (QED) is 0.648. The topological polar surface area (TPSA) is 68.3 Å². The molecule has 1 atom stereocenters. The van der Waals surface area contributed by atoms with Gasteiger partial charge in [-0.1, -0.05) is 6.07 Å². The van der Waals surface area contributed by atoms with Gasteiger partial charge in [-0.3, -0.25) is 10.1 Å². The van der Waals surface area contributed by atoms with Gasteiger partial charge in [-0.2, -0.15) is 0 Å². The molecular formula is C12H12N2O3. The first kappa shape index (κ1) is 11.2. The summed E-state index contributed by atoms with van der Waals surface area (Å²) in [6, 6.07) is 10.0. The standard InChI is InChI=1S/C12H12N2O3/c1-9(12-6-3-7-17-12)13-10-4-2-5-11(8-10)14(15)16/h2-9,13H,1H3. The van der Waals surface area contributed by atoms with Crippen LogP contribution in [0.2, 0.25) is 0 Å². The van der Waals surface area contributed by atoms with E-state index < -0.39 is 4.92 Å². The van der Waals surface area contributed by atoms with Crippen LogP contribution in [0, 0.1) is 10.1 Å². The number of furan rings is 1. The molecular weight excluding hydrogens is 220 g/mol. The van der Waals surface area contributed by atoms with Crippen LogP contribution in [-0.4, -0.2) is 4.92 Å². The van der Waals surface area contributed by atoms with Crippen molar-refractivity contribution in [2.45, 2.75) is 13.0 Å². The first-order chi connectivity index (χ1) is 8.16. The summed E-state index contributed by atoms with van der Waals surface area (Å²) in [5.74, 6) is 0.788. The molecule has 0 aliphatic carbocycles. The molecule has 1 unspecified atom stereocenters. The Labute approximate surface area is 98.2 Å². The number of nitrogens with one attached hydrogen (secondary N) is 1. The van der Waals surface area contributed by atoms with Crippen LogP contribution in [0.3, 0.4) is 0 Å². The maximum atomic E-state index is 10.6. The van der Waals surface area contributed by atoms with Gasteiger partial charge in [0, 0.05) is 17.8 Å². The highest BCUT2D eigenvalue weighted by Gasteiger charge is 2.10. The first-order valence-corrected chi connectivity index (χ1v) is 5.21. The molecule has 0 saturated carbocycles. The number of anilines is 1. The number of hydrogen-bond acceptors (Lipinski definition) is 4. The molecule has 0 aliphatic heterocycles. The molecule has 5 nitrogen and oxygen atoms in total. The van der Waals surface area contributed by atoms with Crippen LogP contribution in [0.1, 0.15) is 18.7 Å². The molecule has 1 aromatic carbocycles. The van der Waals surface area contributed by atoms with Gasteiger partial charge in [0.15, 0.2) is 0 Å². The summed E-state index contributed by atoms with van der Waals surface area (Å²) in [7, 11) is 0. The Hall–Kier alpha value is -2.30. The number of nitro benzene ring substituents is 1. The fraction of sp³-hybridized carbons (Fsp3) is 0.167. The Balaban J connectivity index is 2.13. The van der Waals surface area contributed by atoms with Gasteiger partial charge in [-0.05, 0) is 25.1 Å². The smallest absolute Gasteiger partial charge is 0.271 e. The van der Waals surface area contributed by atoms with Gasteiger partial charge in [-0.25, -0.2) is 0 Å². The van der Waals surface area contributed by atoms with Gasteiger partial charge in [0.05, 0.1) is 17.2 Å². The lowest BCUT2D eigenvalue weighted by Gasteiger charge is -2.12. The molecule has 2 rings (SSSR count). The Kier molecular flexibility index (Phi) is 3.09. The number of benzene rings is 1. The maximum Gasteiger partial charge on any atom is 0.271 e. The average Bonchev–Trinajstić information content (AvgIpc) is 2.82. The molecule has 88 valence electrons. The van der Waals surface area contributed by atoms with Gasteiger partial charge < -0.3 is 9.73 Å². The van der Waals surface area contributed by atoms with Crippen molar-refractivity contribution in [2.75, 3.05) is 5.32 Å². The summed E-state index contributed by atoms with van der Waals surface area (Å²) < 4.78 is 5.25. The lowest BCUT2D eigenvalue weighted by Crippen LogP contribution is -2.05. The summed E-state index contributed by atoms with van der Waals surface area (Å²) in [5.41, 5.74) is 0.768. The summed E-state index contributed by atoms with van der Waals surface area (Å²) >= 11 is 0. The predicted molar refractivity (Wildman–Crippen MR) is 63.8 cm³/mol. The van der Waals surface area contributed by atoms with Crippen molar-refractivity contribution in [3.05, 3.63) is 58.5 Å². The lowest BCUT2D eigenvalue weighted by atomic mass is 10.2. The van der Waals surface area contributed by atoms with Crippen molar-refractivity contribution in [1.82, 2.24) is 0 Å². The normalized spacial score (nSPS) is 12.1. The molecule has 0 bridgehead atoms. The third-order valence-corrected chi connectivity index (χ3v) is 2.41. The van der Waals surface area contributed by atoms with Crippen LogP contribution >= 0.6 is 0 Å². The van der Waals surface area contributed by atoms with Crippen molar-refractivity contribution in [1.29, 1.82) is 0 Å². The van der Waals surface area contributed by atoms with Gasteiger partial charge in [-0.15, -0.1) is 0 Å². The van der Waals surface area contributed by atoms with E-state index in [9.17, 15) is 10.1 Å². The molecule has 1 heterocycles. The van der Waals surface area contributed by atoms with Crippen molar-refractivity contribution >= 4 is 11.4 Å². The fourth-order valence-electron chi connectivity index (χ4n) is 1.57. The zero-order chi connectivity index (χ0) is 12.3. The maximum absolute atomic E-state index is 10.6. The lowest BCUT2D eigenvalue weighted by molar-refractivity contribution is -0.384. The van der Waals surface area contributed by atoms with Crippen LogP contribution in [0.5, 0.6) is 0 Å². The molecule has 0 saturated heterocycles. The van der Waals surface area contributed by atoms with Crippen LogP contribution in [0.4, 0.5) is 11.4 Å². The summed E-state index contributed by atoms with van der Waals surface area (Å²) in [6.07, 6.45) is 1.60. The first-order valence-electron chi connectivity index (χ1n) is 5.21. The molecule has 1 N–H and O–H groups in total. The third kappa shape index (κ3) is 2.63. The highest BCUT2D eigenvalue weighted by Crippen LogP contribution is 2.22. The minimum atomic E-state index is -0.414. The van der Waals surface area contributed by atoms with E-state index >= 15 is 0 Å². The molecule has 0 aliphatic rings. The summed E-state index contributed by atoms with van der Waals surface area (Å²) in [4.78, 5) is 10.2. The van der Waals surface area contributed by atoms with E-state index in [1.807, 2.05) is 13.0 Å². The molecule has 5 heteroatoms. The van der Waals surface area contributed by atoms with Crippen molar-refractivity contribution in [2.24, 2.45) is 0 Å². The number of nitro groups is 1. The highest BCUT2D eigenvalue weighted by molar-refractivity contribution is 5.51. The number of hydrogen-bond donors (Lipinski definition) is 1. The highest BCUT2D eigenvalue weighted by atomic mass is 16.6. The molecule has 1 aromatic heterocycles. The number of non-ortho nitro benzene ring substituents is 1. The van der Waals surface area contributed by atoms with Gasteiger partial charge >= 0.3 is 0 Å². The second kappa shape index (κ2) is 4.69. The summed E-state index contributed by atoms with van der Waals surface area (Å²) in [5, 5.41) is 13.8. The minimum Gasteiger partial charge on any atom is -0.467 e. The van der Waals surface area contributed by atoms with Gasteiger partial charge in [0.2, 0.25) is 0 Å². The van der Waals surface area contributed by atoms with E-state index in [2.05, 4.69) is 5.32 Å². The van der Waals surface area contributed by atoms with E-state index in [4.69, 9.17) is 4.42 Å². The Morgan fingerprint density at radius 3 is 2.82 bits per heavy atom. The van der Waals surface area contributed by atoms with E-state index in [0.717, 1.165) is 5.76 Å². The second-order valence-electron chi connectivity index (χ2n) is 3.69. The van der Waals surface area contributed by atoms with Crippen LogP contribution in [0.25, 0.3) is 0 Å².